The van der Waals surface area contributed by atoms with E-state index in [9.17, 15) is 13.2 Å². The van der Waals surface area contributed by atoms with E-state index < -0.39 is 17.5 Å². The fraction of sp³-hybridized carbons (Fsp3) is 0.0500. The summed E-state index contributed by atoms with van der Waals surface area (Å²) in [6.45, 7) is 0.574. The fourth-order valence-electron chi connectivity index (χ4n) is 2.95. The highest BCUT2D eigenvalue weighted by Gasteiger charge is 2.21. The zero-order chi connectivity index (χ0) is 17.4. The van der Waals surface area contributed by atoms with Crippen molar-refractivity contribution >= 4 is 10.9 Å². The number of aromatic amines is 1. The molecule has 4 aromatic rings. The Hall–Kier alpha value is -2.60. The van der Waals surface area contributed by atoms with Crippen LogP contribution in [-0.4, -0.2) is 4.98 Å². The molecule has 0 fully saturated rings. The van der Waals surface area contributed by atoms with Crippen LogP contribution in [0.3, 0.4) is 0 Å². The van der Waals surface area contributed by atoms with Crippen molar-refractivity contribution in [1.82, 2.24) is 4.98 Å². The van der Waals surface area contributed by atoms with Gasteiger partial charge in [0.1, 0.15) is 11.6 Å². The average molecular weight is 419 g/mol. The van der Waals surface area contributed by atoms with Gasteiger partial charge in [-0.05, 0) is 12.1 Å². The number of aromatic nitrogens is 2. The Morgan fingerprint density at radius 3 is 2.23 bits per heavy atom. The summed E-state index contributed by atoms with van der Waals surface area (Å²) in [5.74, 6) is -2.27. The number of hydrogen-bond acceptors (Lipinski definition) is 0. The van der Waals surface area contributed by atoms with Crippen molar-refractivity contribution in [3.8, 4) is 11.3 Å². The molecule has 0 radical (unpaired) electrons. The normalized spacial score (nSPS) is 10.7. The summed E-state index contributed by atoms with van der Waals surface area (Å²) >= 11 is 0. The number of fused-ring (bicyclic) bond motifs is 1. The molecule has 6 heteroatoms. The minimum absolute atomic E-state index is 0. The number of H-pyrrole nitrogens is 1. The molecule has 0 unspecified atom stereocenters. The van der Waals surface area contributed by atoms with Gasteiger partial charge in [0, 0.05) is 11.6 Å². The van der Waals surface area contributed by atoms with E-state index in [2.05, 4.69) is 4.98 Å². The second-order valence-corrected chi connectivity index (χ2v) is 5.84. The standard InChI is InChI=1S/C20H13F3N2.BrH/c21-15-7-4-8-16(22)18(15)20-19(23)14-12-25(10-9-17(14)24-20)11-13-5-2-1-3-6-13;/h1-10,12H,11H2;1H. The molecule has 0 bridgehead atoms. The van der Waals surface area contributed by atoms with Crippen molar-refractivity contribution in [1.29, 1.82) is 0 Å². The van der Waals surface area contributed by atoms with E-state index in [4.69, 9.17) is 0 Å². The first kappa shape index (κ1) is 18.2. The largest absolute Gasteiger partial charge is 1.00 e. The van der Waals surface area contributed by atoms with Gasteiger partial charge >= 0.3 is 0 Å². The second kappa shape index (κ2) is 7.33. The SMILES string of the molecule is Fc1cccc(F)c1-c1[nH]c2cc[n+](Cc3ccccc3)cc2c1F.[Br-]. The molecule has 0 saturated carbocycles. The molecule has 2 aromatic heterocycles. The fourth-order valence-corrected chi connectivity index (χ4v) is 2.95. The topological polar surface area (TPSA) is 19.7 Å². The van der Waals surface area contributed by atoms with Gasteiger partial charge in [-0.1, -0.05) is 36.4 Å². The van der Waals surface area contributed by atoms with Crippen LogP contribution in [0, 0.1) is 17.5 Å². The number of nitrogens with one attached hydrogen (secondary N) is 1. The van der Waals surface area contributed by atoms with Crippen LogP contribution >= 0.6 is 0 Å². The van der Waals surface area contributed by atoms with Gasteiger partial charge in [0.2, 0.25) is 0 Å². The van der Waals surface area contributed by atoms with Crippen molar-refractivity contribution < 1.29 is 34.7 Å². The van der Waals surface area contributed by atoms with Crippen molar-refractivity contribution in [3.05, 3.63) is 90.0 Å². The zero-order valence-corrected chi connectivity index (χ0v) is 15.1. The minimum atomic E-state index is -0.803. The summed E-state index contributed by atoms with van der Waals surface area (Å²) in [6, 6.07) is 14.9. The number of halogens is 4. The van der Waals surface area contributed by atoms with E-state index in [0.29, 0.717) is 12.1 Å². The Labute approximate surface area is 158 Å². The lowest BCUT2D eigenvalue weighted by atomic mass is 10.1. The third-order valence-corrected chi connectivity index (χ3v) is 4.15. The maximum Gasteiger partial charge on any atom is 0.181 e. The third kappa shape index (κ3) is 3.24. The summed E-state index contributed by atoms with van der Waals surface area (Å²) in [6.07, 6.45) is 3.43. The first-order chi connectivity index (χ1) is 12.1. The number of pyridine rings is 1. The van der Waals surface area contributed by atoms with Gasteiger partial charge in [-0.3, -0.25) is 0 Å². The molecule has 0 aliphatic heterocycles. The highest BCUT2D eigenvalue weighted by atomic mass is 79.9. The number of benzene rings is 2. The quantitative estimate of drug-likeness (QED) is 0.487. The lowest BCUT2D eigenvalue weighted by Gasteiger charge is -2.02. The molecule has 0 atom stereocenters. The summed E-state index contributed by atoms with van der Waals surface area (Å²) in [4.78, 5) is 2.78. The average Bonchev–Trinajstić information content (AvgIpc) is 2.92. The van der Waals surface area contributed by atoms with Crippen LogP contribution in [0.5, 0.6) is 0 Å². The Bertz CT molecular complexity index is 1040. The zero-order valence-electron chi connectivity index (χ0n) is 13.5. The highest BCUT2D eigenvalue weighted by molar-refractivity contribution is 5.85. The van der Waals surface area contributed by atoms with Gasteiger partial charge in [0.25, 0.3) is 0 Å². The molecule has 1 N–H and O–H groups in total. The molecule has 0 aliphatic carbocycles. The predicted molar refractivity (Wildman–Crippen MR) is 89.3 cm³/mol. The number of rotatable bonds is 3. The van der Waals surface area contributed by atoms with Crippen LogP contribution in [0.25, 0.3) is 22.2 Å². The molecule has 2 aromatic carbocycles. The Morgan fingerprint density at radius 2 is 1.54 bits per heavy atom. The molecule has 26 heavy (non-hydrogen) atoms. The molecule has 2 nitrogen and oxygen atoms in total. The van der Waals surface area contributed by atoms with Gasteiger partial charge in [0.05, 0.1) is 22.2 Å². The van der Waals surface area contributed by atoms with E-state index in [1.54, 1.807) is 18.5 Å². The monoisotopic (exact) mass is 418 g/mol. The first-order valence-electron chi connectivity index (χ1n) is 7.82. The summed E-state index contributed by atoms with van der Waals surface area (Å²) in [5, 5.41) is 0.288. The molecular formula is C20H14BrF3N2. The molecule has 0 saturated heterocycles. The van der Waals surface area contributed by atoms with E-state index >= 15 is 0 Å². The van der Waals surface area contributed by atoms with Gasteiger partial charge in [-0.25, -0.2) is 13.2 Å². The molecule has 0 spiro atoms. The molecule has 0 aliphatic rings. The minimum Gasteiger partial charge on any atom is -1.00 e. The van der Waals surface area contributed by atoms with Crippen LogP contribution < -0.4 is 21.5 Å². The van der Waals surface area contributed by atoms with Crippen LogP contribution in [0.4, 0.5) is 13.2 Å². The van der Waals surface area contributed by atoms with E-state index in [1.165, 1.54) is 6.07 Å². The smallest absolute Gasteiger partial charge is 0.181 e. The third-order valence-electron chi connectivity index (χ3n) is 4.15. The lowest BCUT2D eigenvalue weighted by Crippen LogP contribution is -3.00. The van der Waals surface area contributed by atoms with Crippen molar-refractivity contribution in [2.75, 3.05) is 0 Å². The van der Waals surface area contributed by atoms with E-state index in [0.717, 1.165) is 17.7 Å². The summed E-state index contributed by atoms with van der Waals surface area (Å²) in [7, 11) is 0. The highest BCUT2D eigenvalue weighted by Crippen LogP contribution is 2.31. The van der Waals surface area contributed by atoms with Crippen molar-refractivity contribution in [2.45, 2.75) is 6.54 Å². The predicted octanol–water partition coefficient (Wildman–Crippen LogP) is 1.59. The number of nitrogens with zero attached hydrogens (tertiary/aromatic N) is 1. The Kier molecular flexibility index (Phi) is 5.13. The van der Waals surface area contributed by atoms with Crippen LogP contribution in [-0.2, 0) is 6.54 Å². The van der Waals surface area contributed by atoms with E-state index in [1.807, 2.05) is 34.9 Å². The van der Waals surface area contributed by atoms with Gasteiger partial charge in [0.15, 0.2) is 24.8 Å². The van der Waals surface area contributed by atoms with Crippen LogP contribution in [0.1, 0.15) is 5.56 Å². The van der Waals surface area contributed by atoms with Crippen molar-refractivity contribution in [3.63, 3.8) is 0 Å². The molecular weight excluding hydrogens is 405 g/mol. The van der Waals surface area contributed by atoms with E-state index in [-0.39, 0.29) is 33.6 Å². The molecule has 132 valence electrons. The molecule has 0 amide bonds. The number of hydrogen-bond donors (Lipinski definition) is 1. The Balaban J connectivity index is 0.00000196. The first-order valence-corrected chi connectivity index (χ1v) is 7.82. The second-order valence-electron chi connectivity index (χ2n) is 5.84. The van der Waals surface area contributed by atoms with Gasteiger partial charge in [-0.2, -0.15) is 4.57 Å². The molecule has 2 heterocycles. The van der Waals surface area contributed by atoms with Crippen LogP contribution in [0.2, 0.25) is 0 Å². The van der Waals surface area contributed by atoms with Gasteiger partial charge < -0.3 is 22.0 Å². The Morgan fingerprint density at radius 1 is 0.846 bits per heavy atom. The maximum absolute atomic E-state index is 14.8. The van der Waals surface area contributed by atoms with Gasteiger partial charge in [-0.15, -0.1) is 0 Å². The van der Waals surface area contributed by atoms with Crippen molar-refractivity contribution in [2.24, 2.45) is 0 Å². The summed E-state index contributed by atoms with van der Waals surface area (Å²) in [5.41, 5.74) is 0.997. The lowest BCUT2D eigenvalue weighted by molar-refractivity contribution is -0.687. The van der Waals surface area contributed by atoms with Crippen LogP contribution in [0.15, 0.2) is 67.0 Å². The molecule has 4 rings (SSSR count). The maximum atomic E-state index is 14.8. The summed E-state index contributed by atoms with van der Waals surface area (Å²) < 4.78 is 44.6.